The Kier molecular flexibility index (Phi) is 8.08. The van der Waals surface area contributed by atoms with Crippen LogP contribution in [0.5, 0.6) is 0 Å². The number of fused-ring (bicyclic) bond motifs is 1. The van der Waals surface area contributed by atoms with Gasteiger partial charge in [0.2, 0.25) is 0 Å². The molecule has 0 aliphatic heterocycles. The van der Waals surface area contributed by atoms with Crippen molar-refractivity contribution in [3.63, 3.8) is 0 Å². The zero-order chi connectivity index (χ0) is 19.9. The number of hydrogen-bond donors (Lipinski definition) is 1. The molecule has 0 aliphatic rings. The number of carbonyl (C=O) groups is 1. The van der Waals surface area contributed by atoms with Crippen LogP contribution in [-0.2, 0) is 24.9 Å². The summed E-state index contributed by atoms with van der Waals surface area (Å²) < 4.78 is 6.06. The maximum Gasteiger partial charge on any atom is 0.155 e. The van der Waals surface area contributed by atoms with Crippen molar-refractivity contribution in [2.24, 2.45) is 0 Å². The van der Waals surface area contributed by atoms with E-state index in [0.29, 0.717) is 0 Å². The molecule has 29 heavy (non-hydrogen) atoms. The number of furan rings is 1. The molecule has 149 valence electrons. The number of benzene rings is 2. The molecular weight excluding hydrogens is 542 g/mol. The molecule has 0 saturated heterocycles. The number of allylic oxidation sites excluding steroid dienone is 2. The summed E-state index contributed by atoms with van der Waals surface area (Å²) >= 11 is 0. The molecule has 0 bridgehead atoms. The molecule has 0 fully saturated rings. The van der Waals surface area contributed by atoms with Gasteiger partial charge in [-0.05, 0) is 26.0 Å². The van der Waals surface area contributed by atoms with Crippen LogP contribution in [0, 0.1) is 6.07 Å². The van der Waals surface area contributed by atoms with Gasteiger partial charge in [-0.3, -0.25) is 4.79 Å². The monoisotopic (exact) mass is 563 g/mol. The molecule has 0 spiro atoms. The third-order valence-corrected chi connectivity index (χ3v) is 3.87. The van der Waals surface area contributed by atoms with Crippen molar-refractivity contribution >= 4 is 16.8 Å². The van der Waals surface area contributed by atoms with Gasteiger partial charge in [-0.15, -0.1) is 35.9 Å². The van der Waals surface area contributed by atoms with Crippen LogP contribution in [-0.4, -0.2) is 15.9 Å². The van der Waals surface area contributed by atoms with Crippen LogP contribution in [0.4, 0.5) is 0 Å². The molecule has 4 rings (SSSR count). The first-order chi connectivity index (χ1) is 13.5. The van der Waals surface area contributed by atoms with Gasteiger partial charge in [0.25, 0.3) is 0 Å². The number of aromatic nitrogens is 1. The SMILES string of the molecule is CC(=O)/C=C(/C)O.[Ir].[c-]1ccccc1-c1nccc2cc(-c3ccccc3)oc12. The Morgan fingerprint density at radius 2 is 1.79 bits per heavy atom. The summed E-state index contributed by atoms with van der Waals surface area (Å²) in [5.74, 6) is 0.795. The quantitative estimate of drug-likeness (QED) is 0.189. The Balaban J connectivity index is 0.000000327. The minimum atomic E-state index is -0.125. The van der Waals surface area contributed by atoms with Gasteiger partial charge >= 0.3 is 0 Å². The van der Waals surface area contributed by atoms with Crippen molar-refractivity contribution < 1.29 is 34.4 Å². The van der Waals surface area contributed by atoms with Gasteiger partial charge in [0, 0.05) is 49.0 Å². The zero-order valence-corrected chi connectivity index (χ0v) is 18.4. The number of pyridine rings is 1. The number of rotatable bonds is 3. The van der Waals surface area contributed by atoms with Crippen LogP contribution < -0.4 is 0 Å². The molecule has 0 amide bonds. The third kappa shape index (κ3) is 5.98. The van der Waals surface area contributed by atoms with Gasteiger partial charge in [-0.2, -0.15) is 0 Å². The van der Waals surface area contributed by atoms with E-state index < -0.39 is 0 Å². The van der Waals surface area contributed by atoms with Gasteiger partial charge in [0.1, 0.15) is 11.3 Å². The predicted octanol–water partition coefficient (Wildman–Crippen LogP) is 6.00. The summed E-state index contributed by atoms with van der Waals surface area (Å²) in [6, 6.07) is 25.1. The van der Waals surface area contributed by atoms with Crippen molar-refractivity contribution in [1.29, 1.82) is 0 Å². The molecule has 2 aromatic carbocycles. The van der Waals surface area contributed by atoms with Crippen molar-refractivity contribution in [2.45, 2.75) is 13.8 Å². The second kappa shape index (κ2) is 10.5. The van der Waals surface area contributed by atoms with Crippen LogP contribution >= 0.6 is 0 Å². The van der Waals surface area contributed by atoms with E-state index in [-0.39, 0.29) is 31.6 Å². The fourth-order valence-electron chi connectivity index (χ4n) is 2.74. The van der Waals surface area contributed by atoms with E-state index in [0.717, 1.165) is 33.6 Å². The molecule has 0 atom stereocenters. The first-order valence-electron chi connectivity index (χ1n) is 8.83. The summed E-state index contributed by atoms with van der Waals surface area (Å²) in [5.41, 5.74) is 3.64. The Bertz CT molecular complexity index is 1100. The van der Waals surface area contributed by atoms with Crippen LogP contribution in [0.25, 0.3) is 33.6 Å². The van der Waals surface area contributed by atoms with Gasteiger partial charge < -0.3 is 14.5 Å². The van der Waals surface area contributed by atoms with E-state index in [1.807, 2.05) is 66.9 Å². The van der Waals surface area contributed by atoms with E-state index in [9.17, 15) is 4.79 Å². The summed E-state index contributed by atoms with van der Waals surface area (Å²) in [6.45, 7) is 2.85. The Labute approximate surface area is 183 Å². The van der Waals surface area contributed by atoms with Crippen LogP contribution in [0.15, 0.2) is 89.2 Å². The van der Waals surface area contributed by atoms with Crippen molar-refractivity contribution in [2.75, 3.05) is 0 Å². The normalized spacial score (nSPS) is 10.6. The number of nitrogens with zero attached hydrogens (tertiary/aromatic N) is 1. The average Bonchev–Trinajstić information content (AvgIpc) is 3.13. The second-order valence-corrected chi connectivity index (χ2v) is 6.23. The van der Waals surface area contributed by atoms with Gasteiger partial charge in [0.05, 0.1) is 5.76 Å². The second-order valence-electron chi connectivity index (χ2n) is 6.23. The molecule has 5 heteroatoms. The third-order valence-electron chi connectivity index (χ3n) is 3.87. The van der Waals surface area contributed by atoms with Crippen LogP contribution in [0.2, 0.25) is 0 Å². The summed E-state index contributed by atoms with van der Waals surface area (Å²) in [6.07, 6.45) is 2.97. The van der Waals surface area contributed by atoms with Crippen molar-refractivity contribution in [3.8, 4) is 22.6 Å². The molecule has 2 aromatic heterocycles. The number of ketones is 1. The molecule has 0 saturated carbocycles. The number of carbonyl (C=O) groups excluding carboxylic acids is 1. The Morgan fingerprint density at radius 3 is 2.38 bits per heavy atom. The topological polar surface area (TPSA) is 63.3 Å². The number of aliphatic hydroxyl groups is 1. The molecule has 4 aromatic rings. The largest absolute Gasteiger partial charge is 0.512 e. The first kappa shape index (κ1) is 22.3. The summed E-state index contributed by atoms with van der Waals surface area (Å²) in [7, 11) is 0. The fourth-order valence-corrected chi connectivity index (χ4v) is 2.74. The Hall–Kier alpha value is -3.01. The summed E-state index contributed by atoms with van der Waals surface area (Å²) in [4.78, 5) is 14.5. The van der Waals surface area contributed by atoms with Crippen molar-refractivity contribution in [3.05, 3.63) is 90.8 Å². The van der Waals surface area contributed by atoms with E-state index in [1.165, 1.54) is 19.9 Å². The van der Waals surface area contributed by atoms with Gasteiger partial charge in [-0.25, -0.2) is 0 Å². The smallest absolute Gasteiger partial charge is 0.155 e. The van der Waals surface area contributed by atoms with Crippen LogP contribution in [0.3, 0.4) is 0 Å². The number of aliphatic hydroxyl groups excluding tert-OH is 1. The molecule has 1 radical (unpaired) electrons. The van der Waals surface area contributed by atoms with E-state index in [2.05, 4.69) is 17.1 Å². The minimum Gasteiger partial charge on any atom is -0.512 e. The summed E-state index contributed by atoms with van der Waals surface area (Å²) in [5, 5.41) is 9.42. The molecule has 4 nitrogen and oxygen atoms in total. The fraction of sp³-hybridized carbons (Fsp3) is 0.0833. The standard InChI is InChI=1S/C19H12NO.C5H8O2.Ir/c1-3-7-14(8-4-1)17-13-16-11-12-20-18(19(16)21-17)15-9-5-2-6-10-15;1-4(6)3-5(2)7;/h1-9,11-13H;3,6H,1-2H3;/q-1;;/b;4-3-;. The molecular formula is C24H20IrNO3-. The van der Waals surface area contributed by atoms with E-state index in [1.54, 1.807) is 0 Å². The zero-order valence-electron chi connectivity index (χ0n) is 16.0. The molecule has 0 aliphatic carbocycles. The van der Waals surface area contributed by atoms with E-state index >= 15 is 0 Å². The molecule has 0 unspecified atom stereocenters. The molecule has 1 N–H and O–H groups in total. The minimum absolute atomic E-state index is 0. The first-order valence-corrected chi connectivity index (χ1v) is 8.83. The maximum absolute atomic E-state index is 10.0. The van der Waals surface area contributed by atoms with Crippen LogP contribution in [0.1, 0.15) is 13.8 Å². The molecule has 2 heterocycles. The predicted molar refractivity (Wildman–Crippen MR) is 111 cm³/mol. The van der Waals surface area contributed by atoms with Gasteiger partial charge in [0.15, 0.2) is 5.78 Å². The van der Waals surface area contributed by atoms with Gasteiger partial charge in [-0.1, -0.05) is 30.3 Å². The maximum atomic E-state index is 10.0. The Morgan fingerprint density at radius 1 is 1.07 bits per heavy atom. The average molecular weight is 563 g/mol. The van der Waals surface area contributed by atoms with E-state index in [4.69, 9.17) is 9.52 Å². The number of hydrogen-bond acceptors (Lipinski definition) is 4. The van der Waals surface area contributed by atoms with Crippen molar-refractivity contribution in [1.82, 2.24) is 4.98 Å².